The highest BCUT2D eigenvalue weighted by Crippen LogP contribution is 2.22. The molecule has 0 aliphatic carbocycles. The zero-order valence-electron chi connectivity index (χ0n) is 44.3. The van der Waals surface area contributed by atoms with Gasteiger partial charge in [-0.05, 0) is 128 Å². The van der Waals surface area contributed by atoms with Gasteiger partial charge in [-0.25, -0.2) is 0 Å². The zero-order valence-corrected chi connectivity index (χ0v) is 44.3. The van der Waals surface area contributed by atoms with Crippen molar-refractivity contribution >= 4 is 5.97 Å². The minimum absolute atomic E-state index is 0.0866. The lowest BCUT2D eigenvalue weighted by atomic mass is 9.99. The fraction of sp³-hybridized carbons (Fsp3) is 0.540. The van der Waals surface area contributed by atoms with Crippen molar-refractivity contribution in [1.29, 1.82) is 0 Å². The number of aliphatic hydroxyl groups excluding tert-OH is 4. The van der Waals surface area contributed by atoms with Crippen LogP contribution in [0.15, 0.2) is 170 Å². The lowest BCUT2D eigenvalue weighted by molar-refractivity contribution is -0.305. The highest BCUT2D eigenvalue weighted by Gasteiger charge is 2.44. The quantitative estimate of drug-likeness (QED) is 0.0267. The topological polar surface area (TPSA) is 135 Å². The molecule has 0 amide bonds. The van der Waals surface area contributed by atoms with Crippen LogP contribution in [0.1, 0.15) is 155 Å². The van der Waals surface area contributed by atoms with E-state index in [9.17, 15) is 25.2 Å². The van der Waals surface area contributed by atoms with Gasteiger partial charge in [0, 0.05) is 13.0 Å². The Morgan fingerprint density at radius 1 is 0.444 bits per heavy atom. The second-order valence-corrected chi connectivity index (χ2v) is 17.6. The highest BCUT2D eigenvalue weighted by molar-refractivity contribution is 5.69. The third-order valence-electron chi connectivity index (χ3n) is 11.1. The number of unbranched alkanes of at least 4 members (excludes halogenated alkanes) is 5. The maximum atomic E-state index is 12.9. The number of allylic oxidation sites excluding steroid dienone is 28. The maximum absolute atomic E-state index is 12.9. The van der Waals surface area contributed by atoms with E-state index in [0.29, 0.717) is 13.0 Å². The summed E-state index contributed by atoms with van der Waals surface area (Å²) in [5, 5.41) is 40.3. The first-order valence-electron chi connectivity index (χ1n) is 27.2. The van der Waals surface area contributed by atoms with Crippen molar-refractivity contribution in [3.8, 4) is 0 Å². The van der Waals surface area contributed by atoms with Crippen molar-refractivity contribution in [2.24, 2.45) is 0 Å². The number of carbonyl (C=O) groups is 1. The monoisotopic (exact) mass is 997 g/mol. The molecule has 0 spiro atoms. The first kappa shape index (κ1) is 65.6. The lowest BCUT2D eigenvalue weighted by Gasteiger charge is -2.39. The van der Waals surface area contributed by atoms with Gasteiger partial charge in [-0.3, -0.25) is 4.79 Å². The fourth-order valence-corrected chi connectivity index (χ4v) is 6.98. The number of aliphatic hydroxyl groups is 4. The molecule has 1 heterocycles. The molecule has 6 unspecified atom stereocenters. The van der Waals surface area contributed by atoms with Crippen LogP contribution in [-0.4, -0.2) is 89.6 Å². The van der Waals surface area contributed by atoms with Gasteiger partial charge in [-0.15, -0.1) is 0 Å². The fourth-order valence-electron chi connectivity index (χ4n) is 6.98. The van der Waals surface area contributed by atoms with Crippen molar-refractivity contribution in [3.63, 3.8) is 0 Å². The summed E-state index contributed by atoms with van der Waals surface area (Å²) in [5.74, 6) is -0.369. The van der Waals surface area contributed by atoms with E-state index >= 15 is 0 Å². The van der Waals surface area contributed by atoms with Crippen molar-refractivity contribution in [2.75, 3.05) is 26.4 Å². The van der Waals surface area contributed by atoms with E-state index < -0.39 is 43.4 Å². The predicted octanol–water partition coefficient (Wildman–Crippen LogP) is 14.1. The molecule has 0 aromatic carbocycles. The predicted molar refractivity (Wildman–Crippen MR) is 301 cm³/mol. The van der Waals surface area contributed by atoms with Crippen LogP contribution in [-0.2, 0) is 23.7 Å². The Bertz CT molecular complexity index is 1700. The van der Waals surface area contributed by atoms with Crippen molar-refractivity contribution in [1.82, 2.24) is 0 Å². The lowest BCUT2D eigenvalue weighted by Crippen LogP contribution is -2.59. The van der Waals surface area contributed by atoms with E-state index in [4.69, 9.17) is 18.9 Å². The van der Waals surface area contributed by atoms with E-state index in [-0.39, 0.29) is 25.6 Å². The SMILES string of the molecule is CC/C=C\C/C=C\C/C=C\C/C=C\C/C=C\C/C=C\C/C=C\CCCCCC(=O)OC(COCCCC/C=C\C/C=C\C/C=C\C/C=C\C/C=C\C/C=C\C/C=C\CC)COC1OC(CO)C(O)C(O)C1O. The Kier molecular flexibility index (Phi) is 46.9. The summed E-state index contributed by atoms with van der Waals surface area (Å²) in [5.41, 5.74) is 0. The van der Waals surface area contributed by atoms with Crippen LogP contribution in [0.3, 0.4) is 0 Å². The molecule has 1 aliphatic heterocycles. The van der Waals surface area contributed by atoms with Gasteiger partial charge in [0.1, 0.15) is 30.5 Å². The molecule has 0 aromatic rings. The van der Waals surface area contributed by atoms with Gasteiger partial charge < -0.3 is 39.4 Å². The molecule has 9 nitrogen and oxygen atoms in total. The molecular formula is C63H96O9. The Hall–Kier alpha value is -4.45. The molecule has 0 aromatic heterocycles. The molecule has 1 saturated heterocycles. The van der Waals surface area contributed by atoms with E-state index in [2.05, 4.69) is 184 Å². The molecule has 1 rings (SSSR count). The summed E-state index contributed by atoms with van der Waals surface area (Å²) < 4.78 is 22.8. The van der Waals surface area contributed by atoms with E-state index in [0.717, 1.165) is 128 Å². The summed E-state index contributed by atoms with van der Waals surface area (Å²) in [6.45, 7) is 4.14. The summed E-state index contributed by atoms with van der Waals surface area (Å²) in [6.07, 6.45) is 73.9. The van der Waals surface area contributed by atoms with Crippen LogP contribution in [0.2, 0.25) is 0 Å². The van der Waals surface area contributed by atoms with Crippen LogP contribution < -0.4 is 0 Å². The number of hydrogen-bond acceptors (Lipinski definition) is 9. The third kappa shape index (κ3) is 41.1. The van der Waals surface area contributed by atoms with Gasteiger partial charge >= 0.3 is 5.97 Å². The van der Waals surface area contributed by atoms with Crippen LogP contribution >= 0.6 is 0 Å². The largest absolute Gasteiger partial charge is 0.457 e. The number of carbonyl (C=O) groups excluding carboxylic acids is 1. The van der Waals surface area contributed by atoms with Gasteiger partial charge in [-0.2, -0.15) is 0 Å². The summed E-state index contributed by atoms with van der Waals surface area (Å²) in [7, 11) is 0. The van der Waals surface area contributed by atoms with Crippen LogP contribution in [0, 0.1) is 0 Å². The number of ether oxygens (including phenoxy) is 4. The van der Waals surface area contributed by atoms with Crippen molar-refractivity contribution in [2.45, 2.75) is 192 Å². The van der Waals surface area contributed by atoms with Gasteiger partial charge in [0.15, 0.2) is 6.29 Å². The highest BCUT2D eigenvalue weighted by atomic mass is 16.7. The molecule has 6 atom stereocenters. The van der Waals surface area contributed by atoms with Crippen molar-refractivity contribution < 1.29 is 44.2 Å². The molecular weight excluding hydrogens is 901 g/mol. The summed E-state index contributed by atoms with van der Waals surface area (Å²) in [6, 6.07) is 0. The van der Waals surface area contributed by atoms with Gasteiger partial charge in [0.25, 0.3) is 0 Å². The first-order valence-corrected chi connectivity index (χ1v) is 27.2. The smallest absolute Gasteiger partial charge is 0.306 e. The van der Waals surface area contributed by atoms with Crippen LogP contribution in [0.4, 0.5) is 0 Å². The zero-order chi connectivity index (χ0) is 52.1. The third-order valence-corrected chi connectivity index (χ3v) is 11.1. The second kappa shape index (κ2) is 51.5. The van der Waals surface area contributed by atoms with Crippen molar-refractivity contribution in [3.05, 3.63) is 170 Å². The summed E-state index contributed by atoms with van der Waals surface area (Å²) in [4.78, 5) is 12.9. The minimum atomic E-state index is -1.57. The first-order chi connectivity index (χ1) is 35.4. The molecule has 1 aliphatic rings. The van der Waals surface area contributed by atoms with Crippen LogP contribution in [0.25, 0.3) is 0 Å². The molecule has 72 heavy (non-hydrogen) atoms. The molecule has 0 bridgehead atoms. The van der Waals surface area contributed by atoms with Gasteiger partial charge in [0.05, 0.1) is 19.8 Å². The Labute approximate surface area is 436 Å². The molecule has 9 heteroatoms. The average Bonchev–Trinajstić information content (AvgIpc) is 3.38. The standard InChI is InChI=1S/C63H96O9/c1-3-5-7-9-11-13-15-17-19-21-23-25-27-29-30-32-34-36-38-40-42-44-46-48-50-52-59(65)71-57(56-70-63-62(68)61(67)60(66)58(54-64)72-63)55-69-53-51-49-47-45-43-41-39-37-35-33-31-28-26-24-22-20-18-16-14-12-10-8-6-4-2/h5-8,11-14,17-20,23-26,29-31,33-34,36-37,39-40,42-43,45,57-58,60-64,66-68H,3-4,9-10,15-16,21-22,27-28,32,35,38,41,44,46-56H2,1-2H3/b7-5-,8-6-,13-11-,14-12-,19-17-,20-18-,25-23-,26-24-,30-29-,33-31-,36-34-,39-37-,42-40-,45-43-. The van der Waals surface area contributed by atoms with E-state index in [1.165, 1.54) is 0 Å². The molecule has 0 radical (unpaired) electrons. The number of hydrogen-bond donors (Lipinski definition) is 4. The van der Waals surface area contributed by atoms with E-state index in [1.54, 1.807) is 0 Å². The van der Waals surface area contributed by atoms with Crippen LogP contribution in [0.5, 0.6) is 0 Å². The van der Waals surface area contributed by atoms with E-state index in [1.807, 2.05) is 0 Å². The Balaban J connectivity index is 2.30. The Morgan fingerprint density at radius 3 is 1.18 bits per heavy atom. The minimum Gasteiger partial charge on any atom is -0.457 e. The normalized spacial score (nSPS) is 20.1. The summed E-state index contributed by atoms with van der Waals surface area (Å²) >= 11 is 0. The van der Waals surface area contributed by atoms with Gasteiger partial charge in [0.2, 0.25) is 0 Å². The molecule has 1 fully saturated rings. The van der Waals surface area contributed by atoms with Gasteiger partial charge in [-0.1, -0.05) is 190 Å². The second-order valence-electron chi connectivity index (χ2n) is 17.6. The Morgan fingerprint density at radius 2 is 0.806 bits per heavy atom. The number of esters is 1. The molecule has 402 valence electrons. The number of rotatable bonds is 44. The average molecular weight is 997 g/mol. The maximum Gasteiger partial charge on any atom is 0.306 e. The molecule has 0 saturated carbocycles. The molecule has 4 N–H and O–H groups in total.